The van der Waals surface area contributed by atoms with Crippen molar-refractivity contribution >= 4 is 17.5 Å². The highest BCUT2D eigenvalue weighted by molar-refractivity contribution is 6.02. The van der Waals surface area contributed by atoms with E-state index in [4.69, 9.17) is 9.15 Å². The molecule has 0 spiro atoms. The molecule has 0 radical (unpaired) electrons. The van der Waals surface area contributed by atoms with Crippen LogP contribution in [0.1, 0.15) is 33.8 Å². The molecule has 1 unspecified atom stereocenters. The summed E-state index contributed by atoms with van der Waals surface area (Å²) in [6.07, 6.45) is 3.59. The second-order valence-corrected chi connectivity index (χ2v) is 5.35. The molecule has 1 fully saturated rings. The topological polar surface area (TPSA) is 80.6 Å². The number of anilines is 1. The summed E-state index contributed by atoms with van der Waals surface area (Å²) in [7, 11) is 0. The molecule has 1 atom stereocenters. The fraction of sp³-hybridized carbons (Fsp3) is 0.294. The molecule has 2 heterocycles. The van der Waals surface area contributed by atoms with Gasteiger partial charge in [0.25, 0.3) is 11.8 Å². The SMILES string of the molecule is O=C(NCC1CCCO1)c1ccc(NC(=O)c2ccco2)cc1. The average Bonchev–Trinajstić information content (AvgIpc) is 3.26. The fourth-order valence-electron chi connectivity index (χ4n) is 2.42. The minimum absolute atomic E-state index is 0.116. The summed E-state index contributed by atoms with van der Waals surface area (Å²) in [5, 5.41) is 5.56. The van der Waals surface area contributed by atoms with Gasteiger partial charge in [0.1, 0.15) is 0 Å². The van der Waals surface area contributed by atoms with E-state index in [1.54, 1.807) is 36.4 Å². The lowest BCUT2D eigenvalue weighted by atomic mass is 10.2. The molecule has 3 rings (SSSR count). The molecule has 2 N–H and O–H groups in total. The lowest BCUT2D eigenvalue weighted by Gasteiger charge is -2.11. The van der Waals surface area contributed by atoms with Crippen molar-refractivity contribution in [1.29, 1.82) is 0 Å². The number of hydrogen-bond donors (Lipinski definition) is 2. The molecular formula is C17H18N2O4. The molecule has 2 aromatic rings. The van der Waals surface area contributed by atoms with Crippen molar-refractivity contribution in [2.75, 3.05) is 18.5 Å². The van der Waals surface area contributed by atoms with Gasteiger partial charge in [-0.2, -0.15) is 0 Å². The minimum atomic E-state index is -0.328. The summed E-state index contributed by atoms with van der Waals surface area (Å²) in [4.78, 5) is 23.9. The number of hydrogen-bond acceptors (Lipinski definition) is 4. The van der Waals surface area contributed by atoms with Crippen LogP contribution in [-0.4, -0.2) is 31.1 Å². The van der Waals surface area contributed by atoms with Crippen LogP contribution in [-0.2, 0) is 4.74 Å². The van der Waals surface area contributed by atoms with Crippen molar-refractivity contribution in [1.82, 2.24) is 5.32 Å². The summed E-state index contributed by atoms with van der Waals surface area (Å²) < 4.78 is 10.5. The Hall–Kier alpha value is -2.60. The first-order chi connectivity index (χ1) is 11.2. The Kier molecular flexibility index (Phi) is 4.73. The summed E-state index contributed by atoms with van der Waals surface area (Å²) in [6, 6.07) is 9.94. The molecule has 0 bridgehead atoms. The molecule has 1 aromatic heterocycles. The number of nitrogens with one attached hydrogen (secondary N) is 2. The Morgan fingerprint density at radius 1 is 1.13 bits per heavy atom. The van der Waals surface area contributed by atoms with E-state index in [1.807, 2.05) is 0 Å². The zero-order valence-electron chi connectivity index (χ0n) is 12.6. The van der Waals surface area contributed by atoms with Gasteiger partial charge in [-0.3, -0.25) is 9.59 Å². The summed E-state index contributed by atoms with van der Waals surface area (Å²) in [5.41, 5.74) is 1.14. The third-order valence-electron chi connectivity index (χ3n) is 3.66. The van der Waals surface area contributed by atoms with Crippen LogP contribution in [0.4, 0.5) is 5.69 Å². The quantitative estimate of drug-likeness (QED) is 0.888. The predicted molar refractivity (Wildman–Crippen MR) is 84.4 cm³/mol. The van der Waals surface area contributed by atoms with E-state index in [9.17, 15) is 9.59 Å². The summed E-state index contributed by atoms with van der Waals surface area (Å²) >= 11 is 0. The van der Waals surface area contributed by atoms with Crippen LogP contribution in [0.2, 0.25) is 0 Å². The molecule has 1 aliphatic rings. The van der Waals surface area contributed by atoms with Crippen molar-refractivity contribution in [2.24, 2.45) is 0 Å². The van der Waals surface area contributed by atoms with Gasteiger partial charge in [0.2, 0.25) is 0 Å². The highest BCUT2D eigenvalue weighted by Gasteiger charge is 2.16. The minimum Gasteiger partial charge on any atom is -0.459 e. The normalized spacial score (nSPS) is 17.0. The molecule has 6 nitrogen and oxygen atoms in total. The lowest BCUT2D eigenvalue weighted by molar-refractivity contribution is 0.0857. The number of rotatable bonds is 5. The summed E-state index contributed by atoms with van der Waals surface area (Å²) in [5.74, 6) is -0.238. The highest BCUT2D eigenvalue weighted by atomic mass is 16.5. The maximum Gasteiger partial charge on any atom is 0.291 e. The van der Waals surface area contributed by atoms with Gasteiger partial charge in [-0.25, -0.2) is 0 Å². The molecule has 0 aliphatic carbocycles. The molecule has 1 aliphatic heterocycles. The zero-order valence-corrected chi connectivity index (χ0v) is 12.6. The zero-order chi connectivity index (χ0) is 16.1. The largest absolute Gasteiger partial charge is 0.459 e. The van der Waals surface area contributed by atoms with Gasteiger partial charge in [0, 0.05) is 24.4 Å². The smallest absolute Gasteiger partial charge is 0.291 e. The number of carbonyl (C=O) groups excluding carboxylic acids is 2. The average molecular weight is 314 g/mol. The van der Waals surface area contributed by atoms with Crippen LogP contribution >= 0.6 is 0 Å². The number of carbonyl (C=O) groups is 2. The Balaban J connectivity index is 1.53. The fourth-order valence-corrected chi connectivity index (χ4v) is 2.42. The second kappa shape index (κ2) is 7.11. The van der Waals surface area contributed by atoms with Crippen LogP contribution < -0.4 is 10.6 Å². The van der Waals surface area contributed by atoms with E-state index in [2.05, 4.69) is 10.6 Å². The van der Waals surface area contributed by atoms with E-state index in [-0.39, 0.29) is 23.7 Å². The van der Waals surface area contributed by atoms with Crippen molar-refractivity contribution in [2.45, 2.75) is 18.9 Å². The lowest BCUT2D eigenvalue weighted by Crippen LogP contribution is -2.31. The van der Waals surface area contributed by atoms with Crippen LogP contribution in [0, 0.1) is 0 Å². The molecule has 2 amide bonds. The Morgan fingerprint density at radius 3 is 2.61 bits per heavy atom. The van der Waals surface area contributed by atoms with Crippen LogP contribution in [0.3, 0.4) is 0 Å². The van der Waals surface area contributed by atoms with Crippen LogP contribution in [0.25, 0.3) is 0 Å². The molecule has 6 heteroatoms. The van der Waals surface area contributed by atoms with Gasteiger partial charge in [0.15, 0.2) is 5.76 Å². The van der Waals surface area contributed by atoms with E-state index >= 15 is 0 Å². The van der Waals surface area contributed by atoms with Crippen molar-refractivity contribution in [3.63, 3.8) is 0 Å². The van der Waals surface area contributed by atoms with Crippen molar-refractivity contribution in [3.8, 4) is 0 Å². The van der Waals surface area contributed by atoms with E-state index in [0.717, 1.165) is 19.4 Å². The first kappa shape index (κ1) is 15.3. The van der Waals surface area contributed by atoms with Gasteiger partial charge < -0.3 is 19.8 Å². The van der Waals surface area contributed by atoms with Gasteiger partial charge in [-0.05, 0) is 49.2 Å². The van der Waals surface area contributed by atoms with Crippen LogP contribution in [0.15, 0.2) is 47.1 Å². The Bertz CT molecular complexity index is 658. The number of benzene rings is 1. The van der Waals surface area contributed by atoms with Crippen molar-refractivity contribution < 1.29 is 18.7 Å². The van der Waals surface area contributed by atoms with Crippen molar-refractivity contribution in [3.05, 3.63) is 54.0 Å². The van der Waals surface area contributed by atoms with Gasteiger partial charge in [0.05, 0.1) is 12.4 Å². The molecular weight excluding hydrogens is 296 g/mol. The van der Waals surface area contributed by atoms with Gasteiger partial charge in [-0.1, -0.05) is 0 Å². The third kappa shape index (κ3) is 3.98. The van der Waals surface area contributed by atoms with E-state index < -0.39 is 0 Å². The number of furan rings is 1. The Morgan fingerprint density at radius 2 is 1.96 bits per heavy atom. The standard InChI is InChI=1S/C17H18N2O4/c20-16(18-11-14-3-1-9-22-14)12-5-7-13(8-6-12)19-17(21)15-4-2-10-23-15/h2,4-8,10,14H,1,3,9,11H2,(H,18,20)(H,19,21). The molecule has 23 heavy (non-hydrogen) atoms. The molecule has 1 saturated heterocycles. The number of ether oxygens (including phenoxy) is 1. The number of amides is 2. The second-order valence-electron chi connectivity index (χ2n) is 5.35. The van der Waals surface area contributed by atoms with Gasteiger partial charge in [-0.15, -0.1) is 0 Å². The highest BCUT2D eigenvalue weighted by Crippen LogP contribution is 2.13. The first-order valence-corrected chi connectivity index (χ1v) is 7.57. The van der Waals surface area contributed by atoms with E-state index in [1.165, 1.54) is 6.26 Å². The Labute approximate surface area is 133 Å². The maximum absolute atomic E-state index is 12.1. The molecule has 0 saturated carbocycles. The molecule has 120 valence electrons. The predicted octanol–water partition coefficient (Wildman–Crippen LogP) is 2.44. The van der Waals surface area contributed by atoms with Gasteiger partial charge >= 0.3 is 0 Å². The first-order valence-electron chi connectivity index (χ1n) is 7.57. The van der Waals surface area contributed by atoms with E-state index in [0.29, 0.717) is 17.8 Å². The summed E-state index contributed by atoms with van der Waals surface area (Å²) in [6.45, 7) is 1.29. The van der Waals surface area contributed by atoms with Crippen LogP contribution in [0.5, 0.6) is 0 Å². The third-order valence-corrected chi connectivity index (χ3v) is 3.66. The monoisotopic (exact) mass is 314 g/mol. The maximum atomic E-state index is 12.1. The molecule has 1 aromatic carbocycles.